The quantitative estimate of drug-likeness (QED) is 0.905. The highest BCUT2D eigenvalue weighted by Crippen LogP contribution is 2.33. The molecule has 1 saturated carbocycles. The van der Waals surface area contributed by atoms with Crippen molar-refractivity contribution in [3.63, 3.8) is 0 Å². The zero-order valence-corrected chi connectivity index (χ0v) is 13.3. The van der Waals surface area contributed by atoms with Gasteiger partial charge < -0.3 is 10.1 Å². The van der Waals surface area contributed by atoms with E-state index in [4.69, 9.17) is 4.74 Å². The van der Waals surface area contributed by atoms with E-state index >= 15 is 0 Å². The first kappa shape index (κ1) is 15.9. The molecule has 3 nitrogen and oxygen atoms in total. The second-order valence-electron chi connectivity index (χ2n) is 6.62. The van der Waals surface area contributed by atoms with Crippen LogP contribution in [0.4, 0.5) is 4.39 Å². The zero-order chi connectivity index (χ0) is 15.3. The Balaban J connectivity index is 1.60. The summed E-state index contributed by atoms with van der Waals surface area (Å²) in [5.41, 5.74) is 1.29. The van der Waals surface area contributed by atoms with Crippen molar-refractivity contribution in [3.05, 3.63) is 35.6 Å². The highest BCUT2D eigenvalue weighted by atomic mass is 19.1. The largest absolute Gasteiger partial charge is 0.379 e. The molecule has 22 heavy (non-hydrogen) atoms. The molecule has 4 heteroatoms. The maximum atomic E-state index is 13.3. The van der Waals surface area contributed by atoms with Gasteiger partial charge in [-0.25, -0.2) is 4.39 Å². The second-order valence-corrected chi connectivity index (χ2v) is 6.62. The summed E-state index contributed by atoms with van der Waals surface area (Å²) in [6.07, 6.45) is 6.53. The fraction of sp³-hybridized carbons (Fsp3) is 0.667. The van der Waals surface area contributed by atoms with Crippen molar-refractivity contribution in [2.75, 3.05) is 32.8 Å². The predicted molar refractivity (Wildman–Crippen MR) is 86.3 cm³/mol. The third kappa shape index (κ3) is 3.86. The van der Waals surface area contributed by atoms with E-state index in [9.17, 15) is 4.39 Å². The van der Waals surface area contributed by atoms with Gasteiger partial charge in [0.25, 0.3) is 0 Å². The molecule has 0 spiro atoms. The van der Waals surface area contributed by atoms with Crippen molar-refractivity contribution in [2.45, 2.75) is 44.2 Å². The highest BCUT2D eigenvalue weighted by molar-refractivity contribution is 5.16. The Morgan fingerprint density at radius 3 is 2.64 bits per heavy atom. The van der Waals surface area contributed by atoms with Gasteiger partial charge in [0.05, 0.1) is 13.2 Å². The van der Waals surface area contributed by atoms with Crippen LogP contribution < -0.4 is 5.32 Å². The summed E-state index contributed by atoms with van der Waals surface area (Å²) in [5, 5.41) is 3.59. The summed E-state index contributed by atoms with van der Waals surface area (Å²) in [4.78, 5) is 2.63. The number of halogens is 1. The molecule has 0 aromatic heterocycles. The molecule has 1 aromatic rings. The maximum absolute atomic E-state index is 13.3. The Hall–Kier alpha value is -0.970. The molecule has 1 N–H and O–H groups in total. The molecule has 2 aliphatic rings. The average molecular weight is 306 g/mol. The molecule has 0 amide bonds. The summed E-state index contributed by atoms with van der Waals surface area (Å²) in [6.45, 7) is 5.52. The summed E-state index contributed by atoms with van der Waals surface area (Å²) in [7, 11) is 0. The molecule has 0 atom stereocenters. The lowest BCUT2D eigenvalue weighted by Gasteiger charge is -2.48. The van der Waals surface area contributed by atoms with Gasteiger partial charge in [-0.1, -0.05) is 31.4 Å². The number of benzene rings is 1. The third-order valence-corrected chi connectivity index (χ3v) is 5.14. The minimum Gasteiger partial charge on any atom is -0.379 e. The van der Waals surface area contributed by atoms with Gasteiger partial charge in [0.15, 0.2) is 0 Å². The van der Waals surface area contributed by atoms with Gasteiger partial charge in [-0.15, -0.1) is 0 Å². The van der Waals surface area contributed by atoms with E-state index in [0.717, 1.165) is 45.0 Å². The molecule has 1 saturated heterocycles. The lowest BCUT2D eigenvalue weighted by atomic mass is 9.79. The fourth-order valence-electron chi connectivity index (χ4n) is 3.94. The van der Waals surface area contributed by atoms with E-state index in [0.29, 0.717) is 0 Å². The van der Waals surface area contributed by atoms with Crippen LogP contribution in [0.15, 0.2) is 24.3 Å². The highest BCUT2D eigenvalue weighted by Gasteiger charge is 2.38. The molecule has 122 valence electrons. The molecule has 0 bridgehead atoms. The number of hydrogen-bond acceptors (Lipinski definition) is 3. The first-order valence-corrected chi connectivity index (χ1v) is 8.57. The van der Waals surface area contributed by atoms with Gasteiger partial charge in [-0.3, -0.25) is 4.90 Å². The van der Waals surface area contributed by atoms with E-state index in [2.05, 4.69) is 10.2 Å². The smallest absolute Gasteiger partial charge is 0.123 e. The van der Waals surface area contributed by atoms with Crippen LogP contribution in [0.2, 0.25) is 0 Å². The monoisotopic (exact) mass is 306 g/mol. The molecule has 0 radical (unpaired) electrons. The zero-order valence-electron chi connectivity index (χ0n) is 13.3. The summed E-state index contributed by atoms with van der Waals surface area (Å²) < 4.78 is 18.8. The van der Waals surface area contributed by atoms with Gasteiger partial charge in [-0.2, -0.15) is 0 Å². The lowest BCUT2D eigenvalue weighted by Crippen LogP contribution is -2.59. The number of ether oxygens (including phenoxy) is 1. The van der Waals surface area contributed by atoms with Crippen LogP contribution in [0.25, 0.3) is 0 Å². The Bertz CT molecular complexity index is 468. The van der Waals surface area contributed by atoms with Gasteiger partial charge in [0.2, 0.25) is 0 Å². The van der Waals surface area contributed by atoms with Crippen LogP contribution in [-0.4, -0.2) is 43.3 Å². The standard InChI is InChI=1S/C18H27FN2O/c19-17-6-4-5-16(13-17)14-20-15-18(7-2-1-3-8-18)21-9-11-22-12-10-21/h4-6,13,20H,1-3,7-12,14-15H2. The maximum Gasteiger partial charge on any atom is 0.123 e. The van der Waals surface area contributed by atoms with E-state index in [1.807, 2.05) is 6.07 Å². The van der Waals surface area contributed by atoms with Crippen molar-refractivity contribution in [1.29, 1.82) is 0 Å². The number of hydrogen-bond donors (Lipinski definition) is 1. The third-order valence-electron chi connectivity index (χ3n) is 5.14. The van der Waals surface area contributed by atoms with Gasteiger partial charge in [0, 0.05) is 31.7 Å². The summed E-state index contributed by atoms with van der Waals surface area (Å²) >= 11 is 0. The van der Waals surface area contributed by atoms with Gasteiger partial charge >= 0.3 is 0 Å². The normalized spacial score (nSPS) is 22.6. The Morgan fingerprint density at radius 1 is 1.14 bits per heavy atom. The van der Waals surface area contributed by atoms with Crippen LogP contribution >= 0.6 is 0 Å². The first-order chi connectivity index (χ1) is 10.8. The molecule has 1 aliphatic heterocycles. The molecule has 1 aliphatic carbocycles. The minimum absolute atomic E-state index is 0.153. The summed E-state index contributed by atoms with van der Waals surface area (Å²) in [6, 6.07) is 6.89. The molecule has 1 heterocycles. The van der Waals surface area contributed by atoms with Crippen LogP contribution in [0.5, 0.6) is 0 Å². The van der Waals surface area contributed by atoms with E-state index in [-0.39, 0.29) is 11.4 Å². The lowest BCUT2D eigenvalue weighted by molar-refractivity contribution is -0.0369. The molecule has 1 aromatic carbocycles. The molecular formula is C18H27FN2O. The van der Waals surface area contributed by atoms with Crippen LogP contribution in [0, 0.1) is 5.82 Å². The fourth-order valence-corrected chi connectivity index (χ4v) is 3.94. The number of nitrogens with one attached hydrogen (secondary N) is 1. The second kappa shape index (κ2) is 7.53. The van der Waals surface area contributed by atoms with Crippen molar-refractivity contribution in [2.24, 2.45) is 0 Å². The number of morpholine rings is 1. The van der Waals surface area contributed by atoms with Crippen molar-refractivity contribution in [1.82, 2.24) is 10.2 Å². The molecule has 3 rings (SSSR count). The van der Waals surface area contributed by atoms with Crippen LogP contribution in [0.3, 0.4) is 0 Å². The Labute approximate surface area is 132 Å². The van der Waals surface area contributed by atoms with Gasteiger partial charge in [-0.05, 0) is 30.5 Å². The van der Waals surface area contributed by atoms with E-state index in [1.54, 1.807) is 12.1 Å². The SMILES string of the molecule is Fc1cccc(CNCC2(N3CCOCC3)CCCCC2)c1. The Kier molecular flexibility index (Phi) is 5.45. The first-order valence-electron chi connectivity index (χ1n) is 8.57. The van der Waals surface area contributed by atoms with E-state index in [1.165, 1.54) is 38.2 Å². The van der Waals surface area contributed by atoms with Crippen molar-refractivity contribution in [3.8, 4) is 0 Å². The molecule has 2 fully saturated rings. The van der Waals surface area contributed by atoms with Gasteiger partial charge in [0.1, 0.15) is 5.82 Å². The van der Waals surface area contributed by atoms with Crippen molar-refractivity contribution >= 4 is 0 Å². The van der Waals surface area contributed by atoms with Crippen LogP contribution in [0.1, 0.15) is 37.7 Å². The van der Waals surface area contributed by atoms with Crippen molar-refractivity contribution < 1.29 is 9.13 Å². The minimum atomic E-state index is -0.153. The number of nitrogens with zero attached hydrogens (tertiary/aromatic N) is 1. The molecular weight excluding hydrogens is 279 g/mol. The predicted octanol–water partition coefficient (Wildman–Crippen LogP) is 2.95. The topological polar surface area (TPSA) is 24.5 Å². The summed E-state index contributed by atoms with van der Waals surface area (Å²) in [5.74, 6) is -0.153. The van der Waals surface area contributed by atoms with E-state index < -0.39 is 0 Å². The Morgan fingerprint density at radius 2 is 1.91 bits per heavy atom. The average Bonchev–Trinajstić information content (AvgIpc) is 2.57. The molecule has 0 unspecified atom stereocenters. The van der Waals surface area contributed by atoms with Crippen LogP contribution in [-0.2, 0) is 11.3 Å². The number of rotatable bonds is 5.